The second-order valence-electron chi connectivity index (χ2n) is 12.1. The van der Waals surface area contributed by atoms with Gasteiger partial charge in [-0.2, -0.15) is 0 Å². The highest BCUT2D eigenvalue weighted by Gasteiger charge is 2.51. The molecule has 0 unspecified atom stereocenters. The fourth-order valence-electron chi connectivity index (χ4n) is 7.68. The summed E-state index contributed by atoms with van der Waals surface area (Å²) in [5, 5.41) is 3.47. The van der Waals surface area contributed by atoms with E-state index in [1.165, 1.54) is 43.5 Å². The van der Waals surface area contributed by atoms with Crippen LogP contribution in [-0.2, 0) is 5.41 Å². The van der Waals surface area contributed by atoms with E-state index in [0.29, 0.717) is 0 Å². The first-order valence-electron chi connectivity index (χ1n) is 15.8. The van der Waals surface area contributed by atoms with Crippen molar-refractivity contribution in [3.05, 3.63) is 179 Å². The second-order valence-corrected chi connectivity index (χ2v) is 13.0. The molecule has 220 valence electrons. The quantitative estimate of drug-likeness (QED) is 0.198. The molecule has 2 aromatic heterocycles. The minimum absolute atomic E-state index is 0.481. The minimum Gasteiger partial charge on any atom is -0.457 e. The molecule has 1 spiro atoms. The lowest BCUT2D eigenvalue weighted by Crippen LogP contribution is -2.32. The predicted octanol–water partition coefficient (Wildman–Crippen LogP) is 11.2. The highest BCUT2D eigenvalue weighted by atomic mass is 32.1. The average molecular weight is 619 g/mol. The van der Waals surface area contributed by atoms with Gasteiger partial charge >= 0.3 is 0 Å². The maximum absolute atomic E-state index is 6.53. The summed E-state index contributed by atoms with van der Waals surface area (Å²) in [4.78, 5) is 10.2. The Kier molecular flexibility index (Phi) is 5.66. The fraction of sp³-hybridized carbons (Fsp3) is 0.0233. The zero-order valence-corrected chi connectivity index (χ0v) is 26.0. The number of thiophene rings is 1. The lowest BCUT2D eigenvalue weighted by molar-refractivity contribution is 0.436. The monoisotopic (exact) mass is 618 g/mol. The molecular weight excluding hydrogens is 593 g/mol. The molecule has 0 saturated heterocycles. The molecule has 1 aliphatic carbocycles. The van der Waals surface area contributed by atoms with Crippen LogP contribution in [0, 0.1) is 0 Å². The molecule has 0 fully saturated rings. The van der Waals surface area contributed by atoms with Gasteiger partial charge in [0.2, 0.25) is 0 Å². The molecule has 3 nitrogen and oxygen atoms in total. The van der Waals surface area contributed by atoms with Crippen molar-refractivity contribution in [3.8, 4) is 56.5 Å². The van der Waals surface area contributed by atoms with Crippen molar-refractivity contribution in [2.24, 2.45) is 0 Å². The molecule has 0 atom stereocenters. The fourth-order valence-corrected chi connectivity index (χ4v) is 8.81. The second kappa shape index (κ2) is 10.1. The number of rotatable bonds is 3. The van der Waals surface area contributed by atoms with Gasteiger partial charge in [0.1, 0.15) is 11.5 Å². The highest BCUT2D eigenvalue weighted by molar-refractivity contribution is 7.18. The third-order valence-electron chi connectivity index (χ3n) is 9.65. The van der Waals surface area contributed by atoms with Crippen LogP contribution >= 0.6 is 11.3 Å². The van der Waals surface area contributed by atoms with Gasteiger partial charge in [0.05, 0.1) is 16.8 Å². The van der Waals surface area contributed by atoms with Crippen LogP contribution in [0.5, 0.6) is 11.5 Å². The zero-order chi connectivity index (χ0) is 31.0. The van der Waals surface area contributed by atoms with Crippen LogP contribution in [0.15, 0.2) is 157 Å². The number of fused-ring (bicyclic) bond motifs is 11. The number of para-hydroxylation sites is 2. The van der Waals surface area contributed by atoms with Gasteiger partial charge in [0.25, 0.3) is 0 Å². The van der Waals surface area contributed by atoms with Crippen molar-refractivity contribution in [3.63, 3.8) is 0 Å². The van der Waals surface area contributed by atoms with Gasteiger partial charge in [-0.05, 0) is 34.9 Å². The topological polar surface area (TPSA) is 35.0 Å². The van der Waals surface area contributed by atoms with E-state index in [1.807, 2.05) is 24.3 Å². The summed E-state index contributed by atoms with van der Waals surface area (Å²) in [6.07, 6.45) is 0. The van der Waals surface area contributed by atoms with E-state index < -0.39 is 5.41 Å². The number of ether oxygens (including phenoxy) is 1. The Bertz CT molecular complexity index is 2400. The Hall–Kier alpha value is -5.84. The number of aromatic nitrogens is 2. The van der Waals surface area contributed by atoms with Crippen LogP contribution in [0.1, 0.15) is 22.3 Å². The first-order valence-corrected chi connectivity index (χ1v) is 16.7. The lowest BCUT2D eigenvalue weighted by Gasteiger charge is -2.39. The summed E-state index contributed by atoms with van der Waals surface area (Å²) in [7, 11) is 0. The maximum atomic E-state index is 6.53. The van der Waals surface area contributed by atoms with Gasteiger partial charge in [-0.3, -0.25) is 0 Å². The van der Waals surface area contributed by atoms with Gasteiger partial charge in [0, 0.05) is 48.8 Å². The third-order valence-corrected chi connectivity index (χ3v) is 10.7. The Morgan fingerprint density at radius 3 is 1.81 bits per heavy atom. The molecule has 0 N–H and O–H groups in total. The first-order chi connectivity index (χ1) is 23.3. The molecule has 0 saturated carbocycles. The van der Waals surface area contributed by atoms with Crippen molar-refractivity contribution in [1.29, 1.82) is 0 Å². The Balaban J connectivity index is 1.25. The van der Waals surface area contributed by atoms with Crippen LogP contribution in [0.2, 0.25) is 0 Å². The molecule has 8 aromatic rings. The van der Waals surface area contributed by atoms with Gasteiger partial charge in [-0.1, -0.05) is 133 Å². The van der Waals surface area contributed by atoms with Gasteiger partial charge in [-0.25, -0.2) is 9.97 Å². The van der Waals surface area contributed by atoms with E-state index in [2.05, 4.69) is 133 Å². The van der Waals surface area contributed by atoms with Crippen LogP contribution in [0.4, 0.5) is 0 Å². The van der Waals surface area contributed by atoms with Crippen molar-refractivity contribution in [1.82, 2.24) is 9.97 Å². The summed E-state index contributed by atoms with van der Waals surface area (Å²) in [5.41, 5.74) is 12.0. The number of hydrogen-bond donors (Lipinski definition) is 0. The molecule has 1 aliphatic heterocycles. The zero-order valence-electron chi connectivity index (χ0n) is 25.2. The highest BCUT2D eigenvalue weighted by Crippen LogP contribution is 2.63. The molecular formula is C43H26N2OS. The van der Waals surface area contributed by atoms with E-state index in [-0.39, 0.29) is 0 Å². The molecule has 2 aliphatic rings. The molecule has 6 aromatic carbocycles. The minimum atomic E-state index is -0.481. The average Bonchev–Trinajstić information content (AvgIpc) is 3.71. The van der Waals surface area contributed by atoms with E-state index in [1.54, 1.807) is 11.3 Å². The normalized spacial score (nSPS) is 13.4. The molecule has 47 heavy (non-hydrogen) atoms. The standard InChI is InChI=1S/C43H26N2OS/c1-3-13-27(14-4-1)36-25-37(45-42(44-36)28-15-5-2-6-16-28)31-26-47-41-29(31)23-24-35-40(41)30-17-7-8-18-32(30)43(35)33-19-9-11-21-38(33)46-39-22-12-10-20-34(39)43/h1-26H. The Morgan fingerprint density at radius 1 is 0.489 bits per heavy atom. The lowest BCUT2D eigenvalue weighted by atomic mass is 9.66. The Labute approximate surface area is 276 Å². The van der Waals surface area contributed by atoms with Crippen LogP contribution in [0.3, 0.4) is 0 Å². The van der Waals surface area contributed by atoms with Gasteiger partial charge < -0.3 is 4.74 Å². The number of benzene rings is 6. The summed E-state index contributed by atoms with van der Waals surface area (Å²) >= 11 is 1.80. The molecule has 0 radical (unpaired) electrons. The molecule has 4 heteroatoms. The van der Waals surface area contributed by atoms with E-state index >= 15 is 0 Å². The molecule has 0 amide bonds. The Morgan fingerprint density at radius 2 is 1.09 bits per heavy atom. The number of nitrogens with zero attached hydrogens (tertiary/aromatic N) is 2. The third kappa shape index (κ3) is 3.73. The molecule has 3 heterocycles. The van der Waals surface area contributed by atoms with Crippen LogP contribution in [0.25, 0.3) is 55.1 Å². The maximum Gasteiger partial charge on any atom is 0.160 e. The van der Waals surface area contributed by atoms with E-state index in [9.17, 15) is 0 Å². The van der Waals surface area contributed by atoms with Gasteiger partial charge in [0.15, 0.2) is 5.82 Å². The van der Waals surface area contributed by atoms with Crippen molar-refractivity contribution in [2.45, 2.75) is 5.41 Å². The smallest absolute Gasteiger partial charge is 0.160 e. The van der Waals surface area contributed by atoms with Crippen LogP contribution in [-0.4, -0.2) is 9.97 Å². The number of hydrogen-bond acceptors (Lipinski definition) is 4. The summed E-state index contributed by atoms with van der Waals surface area (Å²) in [5.74, 6) is 2.54. The molecule has 0 bridgehead atoms. The van der Waals surface area contributed by atoms with Crippen LogP contribution < -0.4 is 4.74 Å². The van der Waals surface area contributed by atoms with Gasteiger partial charge in [-0.15, -0.1) is 11.3 Å². The summed E-state index contributed by atoms with van der Waals surface area (Å²) in [6, 6.07) is 53.4. The predicted molar refractivity (Wildman–Crippen MR) is 191 cm³/mol. The first kappa shape index (κ1) is 26.4. The van der Waals surface area contributed by atoms with Crippen molar-refractivity contribution >= 4 is 21.4 Å². The van der Waals surface area contributed by atoms with Crippen molar-refractivity contribution < 1.29 is 4.74 Å². The largest absolute Gasteiger partial charge is 0.457 e. The molecule has 10 rings (SSSR count). The van der Waals surface area contributed by atoms with E-state index in [0.717, 1.165) is 45.4 Å². The van der Waals surface area contributed by atoms with E-state index in [4.69, 9.17) is 14.7 Å². The van der Waals surface area contributed by atoms with Crippen molar-refractivity contribution in [2.75, 3.05) is 0 Å². The SMILES string of the molecule is c1ccc(-c2cc(-c3csc4c5c(ccc34)C3(c4ccccc4Oc4ccccc43)c3ccccc3-5)nc(-c3ccccc3)n2)cc1. The summed E-state index contributed by atoms with van der Waals surface area (Å²) in [6.45, 7) is 0. The summed E-state index contributed by atoms with van der Waals surface area (Å²) < 4.78 is 7.80.